The number of H-pyrrole nitrogens is 2. The number of ether oxygens (including phenoxy) is 1. The fraction of sp³-hybridized carbons (Fsp3) is 0.0385. The van der Waals surface area contributed by atoms with Crippen LogP contribution in [-0.4, -0.2) is 38.0 Å². The van der Waals surface area contributed by atoms with Gasteiger partial charge in [0.15, 0.2) is 0 Å². The van der Waals surface area contributed by atoms with Gasteiger partial charge in [-0.2, -0.15) is 10.2 Å². The smallest absolute Gasteiger partial charge is 0.337 e. The molecule has 7 heteroatoms. The van der Waals surface area contributed by atoms with E-state index in [-0.39, 0.29) is 5.97 Å². The Morgan fingerprint density at radius 2 is 1.30 bits per heavy atom. The summed E-state index contributed by atoms with van der Waals surface area (Å²) in [5, 5.41) is 16.2. The van der Waals surface area contributed by atoms with Crippen LogP contribution in [0.4, 0.5) is 0 Å². The highest BCUT2D eigenvalue weighted by atomic mass is 16.5. The largest absolute Gasteiger partial charge is 0.465 e. The lowest BCUT2D eigenvalue weighted by atomic mass is 10.0. The van der Waals surface area contributed by atoms with Gasteiger partial charge in [-0.05, 0) is 59.7 Å². The third-order valence-electron chi connectivity index (χ3n) is 5.97. The van der Waals surface area contributed by atoms with Crippen LogP contribution < -0.4 is 0 Å². The van der Waals surface area contributed by atoms with Gasteiger partial charge in [0.05, 0.1) is 36.1 Å². The Kier molecular flexibility index (Phi) is 4.33. The zero-order valence-corrected chi connectivity index (χ0v) is 17.7. The number of benzene rings is 3. The Hall–Kier alpha value is -4.65. The zero-order chi connectivity index (χ0) is 22.4. The van der Waals surface area contributed by atoms with Crippen LogP contribution in [0.2, 0.25) is 0 Å². The number of rotatable bonds is 4. The first-order valence-corrected chi connectivity index (χ1v) is 10.5. The topological polar surface area (TPSA) is 88.6 Å². The molecule has 6 rings (SSSR count). The van der Waals surface area contributed by atoms with Gasteiger partial charge < -0.3 is 9.30 Å². The van der Waals surface area contributed by atoms with Gasteiger partial charge in [0.25, 0.3) is 0 Å². The first kappa shape index (κ1) is 19.1. The molecular weight excluding hydrogens is 414 g/mol. The monoisotopic (exact) mass is 433 g/mol. The van der Waals surface area contributed by atoms with E-state index in [4.69, 9.17) is 4.74 Å². The molecule has 0 aliphatic carbocycles. The van der Waals surface area contributed by atoms with E-state index < -0.39 is 0 Å². The minimum atomic E-state index is -0.349. The van der Waals surface area contributed by atoms with Gasteiger partial charge in [-0.15, -0.1) is 0 Å². The molecule has 0 atom stereocenters. The number of carbonyl (C=O) groups is 1. The van der Waals surface area contributed by atoms with Crippen LogP contribution >= 0.6 is 0 Å². The van der Waals surface area contributed by atoms with Crippen LogP contribution in [0, 0.1) is 0 Å². The van der Waals surface area contributed by atoms with Crippen LogP contribution in [0.15, 0.2) is 85.5 Å². The molecule has 2 N–H and O–H groups in total. The molecule has 0 saturated heterocycles. The number of nitrogens with zero attached hydrogens (tertiary/aromatic N) is 3. The lowest BCUT2D eigenvalue weighted by molar-refractivity contribution is 0.0600. The molecule has 3 aromatic carbocycles. The lowest BCUT2D eigenvalue weighted by Gasteiger charge is -2.09. The molecule has 33 heavy (non-hydrogen) atoms. The molecule has 0 bridgehead atoms. The number of methoxy groups -OCH3 is 1. The molecule has 0 unspecified atom stereocenters. The lowest BCUT2D eigenvalue weighted by Crippen LogP contribution is -2.01. The summed E-state index contributed by atoms with van der Waals surface area (Å²) in [5.41, 5.74) is 7.88. The number of esters is 1. The summed E-state index contributed by atoms with van der Waals surface area (Å²) in [6.45, 7) is 0. The Balaban J connectivity index is 1.61. The molecule has 0 spiro atoms. The van der Waals surface area contributed by atoms with Gasteiger partial charge >= 0.3 is 5.97 Å². The number of aromatic amines is 2. The molecule has 6 aromatic rings. The second-order valence-corrected chi connectivity index (χ2v) is 7.81. The average Bonchev–Trinajstić information content (AvgIpc) is 3.63. The van der Waals surface area contributed by atoms with Gasteiger partial charge in [-0.3, -0.25) is 10.2 Å². The summed E-state index contributed by atoms with van der Waals surface area (Å²) in [5.74, 6) is -0.349. The zero-order valence-electron chi connectivity index (χ0n) is 17.7. The predicted molar refractivity (Wildman–Crippen MR) is 127 cm³/mol. The maximum Gasteiger partial charge on any atom is 0.337 e. The minimum Gasteiger partial charge on any atom is -0.465 e. The molecule has 160 valence electrons. The number of carbonyl (C=O) groups excluding carboxylic acids is 1. The van der Waals surface area contributed by atoms with Crippen molar-refractivity contribution in [3.8, 4) is 27.9 Å². The van der Waals surface area contributed by atoms with Crippen LogP contribution in [0.3, 0.4) is 0 Å². The Labute approximate surface area is 188 Å². The summed E-state index contributed by atoms with van der Waals surface area (Å²) in [4.78, 5) is 11.9. The third-order valence-corrected chi connectivity index (χ3v) is 5.97. The van der Waals surface area contributed by atoms with Crippen molar-refractivity contribution in [2.24, 2.45) is 0 Å². The average molecular weight is 433 g/mol. The van der Waals surface area contributed by atoms with E-state index in [2.05, 4.69) is 61.4 Å². The van der Waals surface area contributed by atoms with E-state index in [9.17, 15) is 4.79 Å². The highest BCUT2D eigenvalue weighted by Gasteiger charge is 2.15. The number of hydrogen-bond donors (Lipinski definition) is 2. The summed E-state index contributed by atoms with van der Waals surface area (Å²) >= 11 is 0. The fourth-order valence-electron chi connectivity index (χ4n) is 4.34. The first-order chi connectivity index (χ1) is 16.2. The normalized spacial score (nSPS) is 11.3. The van der Waals surface area contributed by atoms with E-state index >= 15 is 0 Å². The fourth-order valence-corrected chi connectivity index (χ4v) is 4.34. The maximum atomic E-state index is 11.9. The summed E-state index contributed by atoms with van der Waals surface area (Å²) in [6.07, 6.45) is 7.43. The van der Waals surface area contributed by atoms with Crippen LogP contribution in [0.1, 0.15) is 10.4 Å². The van der Waals surface area contributed by atoms with E-state index in [1.165, 1.54) is 7.11 Å². The number of hydrogen-bond acceptors (Lipinski definition) is 4. The van der Waals surface area contributed by atoms with Crippen LogP contribution in [-0.2, 0) is 4.74 Å². The van der Waals surface area contributed by atoms with Gasteiger partial charge in [-0.25, -0.2) is 4.79 Å². The Morgan fingerprint density at radius 1 is 0.758 bits per heavy atom. The van der Waals surface area contributed by atoms with Crippen molar-refractivity contribution in [2.75, 3.05) is 7.11 Å². The van der Waals surface area contributed by atoms with E-state index in [0.29, 0.717) is 5.56 Å². The van der Waals surface area contributed by atoms with Crippen molar-refractivity contribution in [3.05, 3.63) is 91.0 Å². The van der Waals surface area contributed by atoms with Crippen molar-refractivity contribution in [1.82, 2.24) is 25.0 Å². The Morgan fingerprint density at radius 3 is 1.76 bits per heavy atom. The second kappa shape index (κ2) is 7.49. The minimum absolute atomic E-state index is 0.349. The van der Waals surface area contributed by atoms with Crippen LogP contribution in [0.5, 0.6) is 0 Å². The summed E-state index contributed by atoms with van der Waals surface area (Å²) in [7, 11) is 1.39. The molecule has 0 aliphatic rings. The standard InChI is InChI=1S/C26H19N5O2/c1-33-26(32)16-2-6-21(7-3-16)31-24-8-4-17(19-12-27-28-13-19)10-22(24)23-11-18(5-9-25(23)31)20-14-29-30-15-20/h2-15H,1H3,(H,27,28)(H,29,30). The molecule has 0 radical (unpaired) electrons. The quantitative estimate of drug-likeness (QED) is 0.367. The number of aromatic nitrogens is 5. The van der Waals surface area contributed by atoms with Gasteiger partial charge in [0.1, 0.15) is 0 Å². The van der Waals surface area contributed by atoms with Gasteiger partial charge in [0, 0.05) is 40.0 Å². The molecule has 7 nitrogen and oxygen atoms in total. The molecule has 0 saturated carbocycles. The first-order valence-electron chi connectivity index (χ1n) is 10.5. The molecule has 3 aromatic heterocycles. The van der Waals surface area contributed by atoms with Gasteiger partial charge in [0.2, 0.25) is 0 Å². The predicted octanol–water partition coefficient (Wildman–Crippen LogP) is 5.35. The molecular formula is C26H19N5O2. The van der Waals surface area contributed by atoms with Crippen molar-refractivity contribution in [1.29, 1.82) is 0 Å². The SMILES string of the molecule is COC(=O)c1ccc(-n2c3ccc(-c4cn[nH]c4)cc3c3cc(-c4cn[nH]c4)ccc32)cc1. The molecule has 0 fully saturated rings. The maximum absolute atomic E-state index is 11.9. The van der Waals surface area contributed by atoms with E-state index in [0.717, 1.165) is 49.7 Å². The molecule has 0 amide bonds. The number of fused-ring (bicyclic) bond motifs is 3. The van der Waals surface area contributed by atoms with Crippen LogP contribution in [0.25, 0.3) is 49.7 Å². The summed E-state index contributed by atoms with van der Waals surface area (Å²) in [6, 6.07) is 20.3. The highest BCUT2D eigenvalue weighted by Crippen LogP contribution is 2.36. The van der Waals surface area contributed by atoms with Crippen molar-refractivity contribution < 1.29 is 9.53 Å². The second-order valence-electron chi connectivity index (χ2n) is 7.81. The van der Waals surface area contributed by atoms with Crippen molar-refractivity contribution in [2.45, 2.75) is 0 Å². The van der Waals surface area contributed by atoms with E-state index in [1.54, 1.807) is 12.1 Å². The van der Waals surface area contributed by atoms with Crippen molar-refractivity contribution in [3.63, 3.8) is 0 Å². The van der Waals surface area contributed by atoms with Crippen molar-refractivity contribution >= 4 is 27.8 Å². The highest BCUT2D eigenvalue weighted by molar-refractivity contribution is 6.11. The van der Waals surface area contributed by atoms with E-state index in [1.807, 2.05) is 36.9 Å². The summed E-state index contributed by atoms with van der Waals surface area (Å²) < 4.78 is 7.06. The molecule has 3 heterocycles. The number of nitrogens with one attached hydrogen (secondary N) is 2. The Bertz CT molecular complexity index is 1500. The molecule has 0 aliphatic heterocycles. The third kappa shape index (κ3) is 3.10. The van der Waals surface area contributed by atoms with Gasteiger partial charge in [-0.1, -0.05) is 12.1 Å².